The average molecular weight is 438 g/mol. The zero-order valence-electron chi connectivity index (χ0n) is 17.8. The number of amides is 2. The molecule has 0 aliphatic carbocycles. The second kappa shape index (κ2) is 11.3. The fraction of sp³-hybridized carbons (Fsp3) is 0.292. The maximum absolute atomic E-state index is 12.3. The molecule has 2 N–H and O–H groups in total. The van der Waals surface area contributed by atoms with Gasteiger partial charge in [0.05, 0.1) is 12.8 Å². The predicted molar refractivity (Wildman–Crippen MR) is 124 cm³/mol. The van der Waals surface area contributed by atoms with E-state index in [-0.39, 0.29) is 11.8 Å². The van der Waals surface area contributed by atoms with Gasteiger partial charge in [-0.15, -0.1) is 11.3 Å². The number of aromatic nitrogens is 1. The highest BCUT2D eigenvalue weighted by Gasteiger charge is 2.09. The Morgan fingerprint density at radius 1 is 1.00 bits per heavy atom. The van der Waals surface area contributed by atoms with Crippen molar-refractivity contribution in [3.8, 4) is 17.0 Å². The van der Waals surface area contributed by atoms with E-state index in [1.54, 1.807) is 7.11 Å². The first-order valence-corrected chi connectivity index (χ1v) is 11.1. The maximum atomic E-state index is 12.3. The molecule has 0 aliphatic heterocycles. The molecule has 0 bridgehead atoms. The number of aryl methyl sites for hydroxylation is 2. The summed E-state index contributed by atoms with van der Waals surface area (Å²) in [4.78, 5) is 27.7. The Balaban J connectivity index is 1.47. The molecular formula is C24H27N3O3S. The molecule has 0 fully saturated rings. The Bertz CT molecular complexity index is 998. The van der Waals surface area contributed by atoms with Crippen molar-refractivity contribution in [2.45, 2.75) is 32.6 Å². The largest absolute Gasteiger partial charge is 0.497 e. The van der Waals surface area contributed by atoms with E-state index in [1.165, 1.54) is 23.8 Å². The second-order valence-electron chi connectivity index (χ2n) is 7.22. The summed E-state index contributed by atoms with van der Waals surface area (Å²) in [6.07, 6.45) is 2.88. The Hall–Kier alpha value is -3.19. The lowest BCUT2D eigenvalue weighted by Gasteiger charge is -2.04. The maximum Gasteiger partial charge on any atom is 0.226 e. The molecule has 0 atom stereocenters. The van der Waals surface area contributed by atoms with Crippen LogP contribution in [0.15, 0.2) is 53.9 Å². The van der Waals surface area contributed by atoms with Crippen molar-refractivity contribution in [2.24, 2.45) is 0 Å². The van der Waals surface area contributed by atoms with E-state index in [0.29, 0.717) is 24.5 Å². The molecule has 162 valence electrons. The molecule has 1 aromatic heterocycles. The Morgan fingerprint density at radius 3 is 2.35 bits per heavy atom. The lowest BCUT2D eigenvalue weighted by molar-refractivity contribution is -0.119. The molecular weight excluding hydrogens is 410 g/mol. The van der Waals surface area contributed by atoms with Gasteiger partial charge < -0.3 is 15.4 Å². The van der Waals surface area contributed by atoms with Crippen LogP contribution in [-0.2, 0) is 22.4 Å². The highest BCUT2D eigenvalue weighted by atomic mass is 32.1. The molecule has 0 saturated carbocycles. The van der Waals surface area contributed by atoms with Crippen LogP contribution in [0.3, 0.4) is 0 Å². The number of thiazole rings is 1. The molecule has 6 nitrogen and oxygen atoms in total. The van der Waals surface area contributed by atoms with Gasteiger partial charge in [-0.3, -0.25) is 9.59 Å². The van der Waals surface area contributed by atoms with Crippen LogP contribution in [0.1, 0.15) is 30.9 Å². The third-order valence-electron chi connectivity index (χ3n) is 4.82. The predicted octanol–water partition coefficient (Wildman–Crippen LogP) is 4.46. The summed E-state index contributed by atoms with van der Waals surface area (Å²) in [7, 11) is 1.63. The van der Waals surface area contributed by atoms with Crippen LogP contribution in [0, 0.1) is 0 Å². The number of carbonyl (C=O) groups is 2. The highest BCUT2D eigenvalue weighted by Crippen LogP contribution is 2.25. The van der Waals surface area contributed by atoms with Crippen LogP contribution in [0.5, 0.6) is 5.75 Å². The number of benzene rings is 2. The normalized spacial score (nSPS) is 10.5. The first-order chi connectivity index (χ1) is 15.0. The smallest absolute Gasteiger partial charge is 0.226 e. The first-order valence-electron chi connectivity index (χ1n) is 10.3. The zero-order valence-corrected chi connectivity index (χ0v) is 18.6. The monoisotopic (exact) mass is 437 g/mol. The fourth-order valence-corrected chi connectivity index (χ4v) is 3.83. The molecule has 2 aromatic carbocycles. The van der Waals surface area contributed by atoms with Crippen molar-refractivity contribution >= 4 is 28.3 Å². The van der Waals surface area contributed by atoms with E-state index in [9.17, 15) is 9.59 Å². The molecule has 0 unspecified atom stereocenters. The number of nitrogens with one attached hydrogen (secondary N) is 2. The Morgan fingerprint density at radius 2 is 1.68 bits per heavy atom. The van der Waals surface area contributed by atoms with E-state index in [2.05, 4.69) is 27.8 Å². The zero-order chi connectivity index (χ0) is 22.1. The summed E-state index contributed by atoms with van der Waals surface area (Å²) in [6, 6.07) is 16.0. The number of hydrogen-bond acceptors (Lipinski definition) is 5. The van der Waals surface area contributed by atoms with E-state index < -0.39 is 0 Å². The topological polar surface area (TPSA) is 80.3 Å². The van der Waals surface area contributed by atoms with E-state index in [4.69, 9.17) is 4.74 Å². The summed E-state index contributed by atoms with van der Waals surface area (Å²) in [5.74, 6) is 0.760. The van der Waals surface area contributed by atoms with Gasteiger partial charge in [-0.2, -0.15) is 0 Å². The van der Waals surface area contributed by atoms with Gasteiger partial charge >= 0.3 is 0 Å². The molecule has 0 saturated heterocycles. The van der Waals surface area contributed by atoms with Gasteiger partial charge in [-0.05, 0) is 42.5 Å². The number of methoxy groups -OCH3 is 1. The van der Waals surface area contributed by atoms with Crippen LogP contribution in [-0.4, -0.2) is 30.5 Å². The molecule has 1 heterocycles. The average Bonchev–Trinajstić information content (AvgIpc) is 3.24. The van der Waals surface area contributed by atoms with Crippen molar-refractivity contribution in [2.75, 3.05) is 19.0 Å². The molecule has 0 radical (unpaired) electrons. The second-order valence-corrected chi connectivity index (χ2v) is 8.08. The van der Waals surface area contributed by atoms with Crippen LogP contribution in [0.2, 0.25) is 0 Å². The van der Waals surface area contributed by atoms with Gasteiger partial charge in [0.25, 0.3) is 0 Å². The minimum atomic E-state index is -0.0498. The van der Waals surface area contributed by atoms with Crippen molar-refractivity contribution in [3.63, 3.8) is 0 Å². The highest BCUT2D eigenvalue weighted by molar-refractivity contribution is 7.14. The Labute approximate surface area is 186 Å². The lowest BCUT2D eigenvalue weighted by Crippen LogP contribution is -2.21. The minimum absolute atomic E-state index is 0.00232. The van der Waals surface area contributed by atoms with Gasteiger partial charge in [0.15, 0.2) is 5.13 Å². The van der Waals surface area contributed by atoms with Crippen LogP contribution >= 0.6 is 11.3 Å². The molecule has 7 heteroatoms. The number of carbonyl (C=O) groups excluding carboxylic acids is 2. The molecule has 31 heavy (non-hydrogen) atoms. The molecule has 3 aromatic rings. The third kappa shape index (κ3) is 7.22. The SMILES string of the molecule is COc1ccc(CCC(=O)Nc2nc(-c3ccc(CCCNC(C)=O)cc3)cs2)cc1. The summed E-state index contributed by atoms with van der Waals surface area (Å²) < 4.78 is 5.15. The number of nitrogens with zero attached hydrogens (tertiary/aromatic N) is 1. The molecule has 3 rings (SSSR count). The fourth-order valence-electron chi connectivity index (χ4n) is 3.09. The Kier molecular flexibility index (Phi) is 8.18. The standard InChI is InChI=1S/C24H27N3O3S/c1-17(28)25-15-3-4-18-5-10-20(11-6-18)22-16-31-24(26-22)27-23(29)14-9-19-7-12-21(30-2)13-8-19/h5-8,10-13,16H,3-4,9,14-15H2,1-2H3,(H,25,28)(H,26,27,29). The summed E-state index contributed by atoms with van der Waals surface area (Å²) in [6.45, 7) is 2.21. The summed E-state index contributed by atoms with van der Waals surface area (Å²) in [5.41, 5.74) is 4.17. The summed E-state index contributed by atoms with van der Waals surface area (Å²) in [5, 5.41) is 8.25. The molecule has 2 amide bonds. The lowest BCUT2D eigenvalue weighted by atomic mass is 10.1. The van der Waals surface area contributed by atoms with Gasteiger partial charge in [0.1, 0.15) is 5.75 Å². The van der Waals surface area contributed by atoms with E-state index in [0.717, 1.165) is 35.4 Å². The number of rotatable bonds is 10. The van der Waals surface area contributed by atoms with Crippen LogP contribution < -0.4 is 15.4 Å². The number of ether oxygens (including phenoxy) is 1. The number of anilines is 1. The van der Waals surface area contributed by atoms with Crippen molar-refractivity contribution < 1.29 is 14.3 Å². The molecule has 0 spiro atoms. The van der Waals surface area contributed by atoms with Gasteiger partial charge in [-0.25, -0.2) is 4.98 Å². The van der Waals surface area contributed by atoms with Gasteiger partial charge in [-0.1, -0.05) is 36.4 Å². The van der Waals surface area contributed by atoms with Crippen LogP contribution in [0.25, 0.3) is 11.3 Å². The van der Waals surface area contributed by atoms with Crippen LogP contribution in [0.4, 0.5) is 5.13 Å². The van der Waals surface area contributed by atoms with Crippen molar-refractivity contribution in [1.82, 2.24) is 10.3 Å². The third-order valence-corrected chi connectivity index (χ3v) is 5.57. The van der Waals surface area contributed by atoms with Crippen molar-refractivity contribution in [1.29, 1.82) is 0 Å². The van der Waals surface area contributed by atoms with E-state index >= 15 is 0 Å². The minimum Gasteiger partial charge on any atom is -0.497 e. The molecule has 0 aliphatic rings. The first kappa shape index (κ1) is 22.5. The number of hydrogen-bond donors (Lipinski definition) is 2. The van der Waals surface area contributed by atoms with Crippen molar-refractivity contribution in [3.05, 3.63) is 65.0 Å². The summed E-state index contributed by atoms with van der Waals surface area (Å²) >= 11 is 1.42. The quantitative estimate of drug-likeness (QED) is 0.459. The van der Waals surface area contributed by atoms with E-state index in [1.807, 2.05) is 41.8 Å². The van der Waals surface area contributed by atoms with Gasteiger partial charge in [0.2, 0.25) is 11.8 Å². The van der Waals surface area contributed by atoms with Gasteiger partial charge in [0, 0.05) is 30.8 Å².